The van der Waals surface area contributed by atoms with E-state index in [1.165, 1.54) is 11.3 Å². The Kier molecular flexibility index (Phi) is 9.59. The van der Waals surface area contributed by atoms with Crippen LogP contribution in [0.5, 0.6) is 0 Å². The summed E-state index contributed by atoms with van der Waals surface area (Å²) in [4.78, 5) is 43.0. The second kappa shape index (κ2) is 13.2. The van der Waals surface area contributed by atoms with Gasteiger partial charge in [-0.3, -0.25) is 14.4 Å². The van der Waals surface area contributed by atoms with Crippen LogP contribution in [-0.2, 0) is 16.0 Å². The summed E-state index contributed by atoms with van der Waals surface area (Å²) in [6.45, 7) is 3.81. The van der Waals surface area contributed by atoms with Crippen molar-refractivity contribution in [2.24, 2.45) is 5.92 Å². The van der Waals surface area contributed by atoms with Gasteiger partial charge in [-0.2, -0.15) is 0 Å². The Bertz CT molecular complexity index is 1420. The van der Waals surface area contributed by atoms with E-state index in [-0.39, 0.29) is 35.6 Å². The molecule has 1 N–H and O–H groups in total. The number of carbonyl (C=O) groups is 3. The molecule has 2 aromatic carbocycles. The molecule has 3 aromatic rings. The van der Waals surface area contributed by atoms with Crippen LogP contribution in [0.2, 0.25) is 15.1 Å². The van der Waals surface area contributed by atoms with E-state index in [2.05, 4.69) is 5.32 Å². The summed E-state index contributed by atoms with van der Waals surface area (Å²) in [5.41, 5.74) is 3.13. The zero-order valence-corrected chi connectivity index (χ0v) is 25.8. The molecule has 41 heavy (non-hydrogen) atoms. The molecule has 1 aromatic heterocycles. The molecule has 0 aliphatic carbocycles. The molecule has 2 aliphatic rings. The Labute approximate surface area is 259 Å². The van der Waals surface area contributed by atoms with Gasteiger partial charge < -0.3 is 15.1 Å². The highest BCUT2D eigenvalue weighted by molar-refractivity contribution is 7.12. The van der Waals surface area contributed by atoms with Crippen molar-refractivity contribution in [1.82, 2.24) is 15.1 Å². The summed E-state index contributed by atoms with van der Waals surface area (Å²) >= 11 is 20.0. The summed E-state index contributed by atoms with van der Waals surface area (Å²) in [5.74, 6) is -0.194. The lowest BCUT2D eigenvalue weighted by Crippen LogP contribution is -2.53. The maximum Gasteiger partial charge on any atom is 0.261 e. The molecule has 2 atom stereocenters. The second-order valence-electron chi connectivity index (χ2n) is 10.8. The summed E-state index contributed by atoms with van der Waals surface area (Å²) in [6, 6.07) is 15.0. The zero-order chi connectivity index (χ0) is 29.1. The third kappa shape index (κ3) is 7.26. The molecule has 0 radical (unpaired) electrons. The highest BCUT2D eigenvalue weighted by Crippen LogP contribution is 2.34. The third-order valence-electron chi connectivity index (χ3n) is 8.10. The molecule has 2 aliphatic heterocycles. The van der Waals surface area contributed by atoms with Crippen LogP contribution in [0.25, 0.3) is 0 Å². The van der Waals surface area contributed by atoms with E-state index < -0.39 is 0 Å². The normalized spacial score (nSPS) is 19.7. The van der Waals surface area contributed by atoms with E-state index in [4.69, 9.17) is 34.8 Å². The topological polar surface area (TPSA) is 69.7 Å². The first-order valence-corrected chi connectivity index (χ1v) is 15.8. The monoisotopic (exact) mass is 631 g/mol. The van der Waals surface area contributed by atoms with Gasteiger partial charge >= 0.3 is 0 Å². The minimum atomic E-state index is -0.176. The molecular weight excluding hydrogens is 601 g/mol. The highest BCUT2D eigenvalue weighted by atomic mass is 35.5. The number of hydrogen-bond donors (Lipinski definition) is 1. The summed E-state index contributed by atoms with van der Waals surface area (Å²) in [7, 11) is 0. The molecule has 10 heteroatoms. The number of benzene rings is 2. The number of rotatable bonds is 6. The van der Waals surface area contributed by atoms with E-state index in [1.54, 1.807) is 17.9 Å². The van der Waals surface area contributed by atoms with Crippen molar-refractivity contribution in [1.29, 1.82) is 0 Å². The number of hydrogen-bond acceptors (Lipinski definition) is 4. The first-order valence-electron chi connectivity index (χ1n) is 13.8. The van der Waals surface area contributed by atoms with Crippen molar-refractivity contribution in [3.05, 3.63) is 90.5 Å². The first kappa shape index (κ1) is 29.9. The quantitative estimate of drug-likeness (QED) is 0.330. The molecular formula is C31H32Cl3N3O3S. The fourth-order valence-corrected chi connectivity index (χ4v) is 7.02. The maximum absolute atomic E-state index is 13.5. The highest BCUT2D eigenvalue weighted by Gasteiger charge is 2.37. The van der Waals surface area contributed by atoms with E-state index in [0.29, 0.717) is 65.4 Å². The standard InChI is InChI=1S/C31H32Cl3N3O3S/c1-19(38)36-11-8-22(9-12-36)31(40)37-13-10-28(25(17-37)23-4-7-26(33)27(34)16-23)35-30(39)29-15-21(18-41-29)14-20-2-5-24(32)6-3-20/h2-7,15-16,18,22,25,28H,8-14,17H2,1H3,(H,35,39). The van der Waals surface area contributed by atoms with Gasteiger partial charge in [0.2, 0.25) is 11.8 Å². The Balaban J connectivity index is 1.28. The lowest BCUT2D eigenvalue weighted by atomic mass is 9.84. The number of likely N-dealkylation sites (tertiary alicyclic amines) is 2. The van der Waals surface area contributed by atoms with Crippen molar-refractivity contribution < 1.29 is 14.4 Å². The van der Waals surface area contributed by atoms with Crippen LogP contribution < -0.4 is 5.32 Å². The minimum Gasteiger partial charge on any atom is -0.348 e. The molecule has 0 bridgehead atoms. The molecule has 3 heterocycles. The average molecular weight is 633 g/mol. The van der Waals surface area contributed by atoms with Crippen molar-refractivity contribution in [3.63, 3.8) is 0 Å². The number of amides is 3. The number of nitrogens with one attached hydrogen (secondary N) is 1. The van der Waals surface area contributed by atoms with Gasteiger partial charge in [-0.25, -0.2) is 0 Å². The van der Waals surface area contributed by atoms with Crippen molar-refractivity contribution in [2.75, 3.05) is 26.2 Å². The molecule has 2 saturated heterocycles. The van der Waals surface area contributed by atoms with Gasteiger partial charge in [0, 0.05) is 56.0 Å². The predicted octanol–water partition coefficient (Wildman–Crippen LogP) is 6.67. The Morgan fingerprint density at radius 3 is 2.27 bits per heavy atom. The van der Waals surface area contributed by atoms with Crippen LogP contribution in [0, 0.1) is 5.92 Å². The zero-order valence-electron chi connectivity index (χ0n) is 22.7. The van der Waals surface area contributed by atoms with Gasteiger partial charge in [0.25, 0.3) is 5.91 Å². The molecule has 0 saturated carbocycles. The average Bonchev–Trinajstić information content (AvgIpc) is 3.44. The fourth-order valence-electron chi connectivity index (χ4n) is 5.77. The van der Waals surface area contributed by atoms with Gasteiger partial charge in [-0.15, -0.1) is 11.3 Å². The summed E-state index contributed by atoms with van der Waals surface area (Å²) < 4.78 is 0. The lowest BCUT2D eigenvalue weighted by Gasteiger charge is -2.41. The van der Waals surface area contributed by atoms with Crippen molar-refractivity contribution in [3.8, 4) is 0 Å². The molecule has 3 amide bonds. The van der Waals surface area contributed by atoms with Crippen LogP contribution in [0.15, 0.2) is 53.9 Å². The maximum atomic E-state index is 13.5. The van der Waals surface area contributed by atoms with Gasteiger partial charge in [0.15, 0.2) is 0 Å². The number of thiophene rings is 1. The Morgan fingerprint density at radius 1 is 0.878 bits per heavy atom. The Morgan fingerprint density at radius 2 is 1.59 bits per heavy atom. The molecule has 0 spiro atoms. The number of carbonyl (C=O) groups excluding carboxylic acids is 3. The fraction of sp³-hybridized carbons (Fsp3) is 0.387. The van der Waals surface area contributed by atoms with E-state index in [9.17, 15) is 14.4 Å². The minimum absolute atomic E-state index is 0.0509. The first-order chi connectivity index (χ1) is 19.7. The molecule has 6 nitrogen and oxygen atoms in total. The van der Waals surface area contributed by atoms with Crippen molar-refractivity contribution in [2.45, 2.75) is 44.6 Å². The van der Waals surface area contributed by atoms with Crippen molar-refractivity contribution >= 4 is 63.9 Å². The largest absolute Gasteiger partial charge is 0.348 e. The summed E-state index contributed by atoms with van der Waals surface area (Å²) in [6.07, 6.45) is 2.68. The third-order valence-corrected chi connectivity index (χ3v) is 10.1. The van der Waals surface area contributed by atoms with Gasteiger partial charge in [-0.1, -0.05) is 53.0 Å². The van der Waals surface area contributed by atoms with Gasteiger partial charge in [-0.05, 0) is 78.1 Å². The smallest absolute Gasteiger partial charge is 0.261 e. The lowest BCUT2D eigenvalue weighted by molar-refractivity contribution is -0.141. The Hall–Kier alpha value is -2.58. The van der Waals surface area contributed by atoms with Crippen LogP contribution in [0.1, 0.15) is 58.5 Å². The van der Waals surface area contributed by atoms with E-state index in [1.807, 2.05) is 52.7 Å². The second-order valence-corrected chi connectivity index (χ2v) is 13.0. The van der Waals surface area contributed by atoms with Gasteiger partial charge in [0.05, 0.1) is 14.9 Å². The molecule has 2 fully saturated rings. The number of nitrogens with zero attached hydrogens (tertiary/aromatic N) is 2. The van der Waals surface area contributed by atoms with Crippen LogP contribution >= 0.6 is 46.1 Å². The van der Waals surface area contributed by atoms with E-state index >= 15 is 0 Å². The van der Waals surface area contributed by atoms with Crippen LogP contribution in [0.4, 0.5) is 0 Å². The van der Waals surface area contributed by atoms with E-state index in [0.717, 1.165) is 23.1 Å². The SMILES string of the molecule is CC(=O)N1CCC(C(=O)N2CCC(NC(=O)c3cc(Cc4ccc(Cl)cc4)cs3)C(c3ccc(Cl)c(Cl)c3)C2)CC1. The number of piperidine rings is 2. The number of halogens is 3. The molecule has 2 unspecified atom stereocenters. The van der Waals surface area contributed by atoms with Gasteiger partial charge in [0.1, 0.15) is 0 Å². The van der Waals surface area contributed by atoms with Crippen LogP contribution in [-0.4, -0.2) is 59.7 Å². The van der Waals surface area contributed by atoms with Crippen LogP contribution in [0.3, 0.4) is 0 Å². The predicted molar refractivity (Wildman–Crippen MR) is 165 cm³/mol. The molecule has 5 rings (SSSR count). The summed E-state index contributed by atoms with van der Waals surface area (Å²) in [5, 5.41) is 6.87. The molecule has 216 valence electrons.